The van der Waals surface area contributed by atoms with E-state index in [4.69, 9.17) is 10.5 Å². The van der Waals surface area contributed by atoms with Gasteiger partial charge in [-0.15, -0.1) is 24.8 Å². The third-order valence-corrected chi connectivity index (χ3v) is 3.54. The van der Waals surface area contributed by atoms with Crippen molar-refractivity contribution >= 4 is 36.4 Å². The lowest BCUT2D eigenvalue weighted by atomic mass is 10.2. The summed E-state index contributed by atoms with van der Waals surface area (Å²) in [6, 6.07) is 7.52. The number of hydrogen-bond donors (Lipinski definition) is 2. The van der Waals surface area contributed by atoms with E-state index in [0.717, 1.165) is 31.1 Å². The van der Waals surface area contributed by atoms with Gasteiger partial charge in [-0.25, -0.2) is 0 Å². The molecular formula is C17H31Cl2N3O2. The topological polar surface area (TPSA) is 67.6 Å². The summed E-state index contributed by atoms with van der Waals surface area (Å²) in [5, 5.41) is 2.86. The second kappa shape index (κ2) is 14.3. The van der Waals surface area contributed by atoms with Crippen LogP contribution in [0.15, 0.2) is 24.3 Å². The average Bonchev–Trinajstić information content (AvgIpc) is 2.51. The number of carbonyl (C=O) groups excluding carboxylic acids is 1. The fraction of sp³-hybridized carbons (Fsp3) is 0.588. The van der Waals surface area contributed by atoms with Crippen LogP contribution in [0.2, 0.25) is 0 Å². The van der Waals surface area contributed by atoms with E-state index in [1.165, 1.54) is 0 Å². The Morgan fingerprint density at radius 3 is 2.29 bits per heavy atom. The number of rotatable bonds is 10. The minimum atomic E-state index is -0.00694. The third-order valence-electron chi connectivity index (χ3n) is 3.54. The SMILES string of the molecule is CCN(CC)CCOc1ccc(NC(=O)CCC(C)N)cc1.Cl.Cl. The molecule has 24 heavy (non-hydrogen) atoms. The van der Waals surface area contributed by atoms with Gasteiger partial charge in [0, 0.05) is 24.7 Å². The zero-order chi connectivity index (χ0) is 16.4. The smallest absolute Gasteiger partial charge is 0.224 e. The first kappa shape index (κ1) is 25.2. The molecule has 0 spiro atoms. The van der Waals surface area contributed by atoms with Crippen LogP contribution in [0.25, 0.3) is 0 Å². The molecule has 0 aliphatic heterocycles. The van der Waals surface area contributed by atoms with Crippen LogP contribution in [-0.4, -0.2) is 43.1 Å². The second-order valence-corrected chi connectivity index (χ2v) is 5.46. The van der Waals surface area contributed by atoms with Gasteiger partial charge in [-0.05, 0) is 50.7 Å². The maximum absolute atomic E-state index is 11.7. The Kier molecular flexibility index (Phi) is 15.1. The second-order valence-electron chi connectivity index (χ2n) is 5.46. The summed E-state index contributed by atoms with van der Waals surface area (Å²) in [5.74, 6) is 0.813. The number of nitrogens with zero attached hydrogens (tertiary/aromatic N) is 1. The lowest BCUT2D eigenvalue weighted by Gasteiger charge is -2.18. The largest absolute Gasteiger partial charge is 0.492 e. The van der Waals surface area contributed by atoms with Gasteiger partial charge >= 0.3 is 0 Å². The molecule has 0 bridgehead atoms. The van der Waals surface area contributed by atoms with Crippen molar-refractivity contribution < 1.29 is 9.53 Å². The lowest BCUT2D eigenvalue weighted by Crippen LogP contribution is -2.27. The van der Waals surface area contributed by atoms with E-state index in [0.29, 0.717) is 19.4 Å². The summed E-state index contributed by atoms with van der Waals surface area (Å²) < 4.78 is 5.71. The first-order chi connectivity index (χ1) is 10.5. The van der Waals surface area contributed by atoms with E-state index in [9.17, 15) is 4.79 Å². The number of likely N-dealkylation sites (N-methyl/N-ethyl adjacent to an activating group) is 1. The van der Waals surface area contributed by atoms with Gasteiger partial charge in [0.05, 0.1) is 0 Å². The Morgan fingerprint density at radius 2 is 1.79 bits per heavy atom. The Balaban J connectivity index is 0. The van der Waals surface area contributed by atoms with Gasteiger partial charge in [0.2, 0.25) is 5.91 Å². The molecule has 0 aliphatic rings. The highest BCUT2D eigenvalue weighted by molar-refractivity contribution is 5.90. The summed E-state index contributed by atoms with van der Waals surface area (Å²) in [4.78, 5) is 14.0. The van der Waals surface area contributed by atoms with E-state index < -0.39 is 0 Å². The lowest BCUT2D eigenvalue weighted by molar-refractivity contribution is -0.116. The van der Waals surface area contributed by atoms with Crippen molar-refractivity contribution in [2.45, 2.75) is 39.7 Å². The fourth-order valence-corrected chi connectivity index (χ4v) is 2.05. The highest BCUT2D eigenvalue weighted by Crippen LogP contribution is 2.16. The van der Waals surface area contributed by atoms with E-state index in [1.807, 2.05) is 31.2 Å². The highest BCUT2D eigenvalue weighted by atomic mass is 35.5. The summed E-state index contributed by atoms with van der Waals surface area (Å²) in [5.41, 5.74) is 6.42. The first-order valence-electron chi connectivity index (χ1n) is 8.05. The summed E-state index contributed by atoms with van der Waals surface area (Å²) >= 11 is 0. The normalized spacial score (nSPS) is 11.2. The van der Waals surface area contributed by atoms with Crippen LogP contribution in [0, 0.1) is 0 Å². The van der Waals surface area contributed by atoms with Gasteiger partial charge in [-0.2, -0.15) is 0 Å². The van der Waals surface area contributed by atoms with Crippen LogP contribution in [-0.2, 0) is 4.79 Å². The van der Waals surface area contributed by atoms with Crippen molar-refractivity contribution in [3.8, 4) is 5.75 Å². The number of nitrogens with two attached hydrogens (primary N) is 1. The molecular weight excluding hydrogens is 349 g/mol. The number of nitrogens with one attached hydrogen (secondary N) is 1. The molecule has 1 unspecified atom stereocenters. The molecule has 1 amide bonds. The number of halogens is 2. The zero-order valence-electron chi connectivity index (χ0n) is 14.8. The Labute approximate surface area is 158 Å². The summed E-state index contributed by atoms with van der Waals surface area (Å²) in [6.45, 7) is 9.85. The minimum Gasteiger partial charge on any atom is -0.492 e. The molecule has 0 aliphatic carbocycles. The monoisotopic (exact) mass is 379 g/mol. The molecule has 1 rings (SSSR count). The van der Waals surface area contributed by atoms with Gasteiger partial charge < -0.3 is 20.7 Å². The highest BCUT2D eigenvalue weighted by Gasteiger charge is 2.05. The number of anilines is 1. The Bertz CT molecular complexity index is 438. The molecule has 0 aromatic heterocycles. The van der Waals surface area contributed by atoms with Gasteiger partial charge in [0.15, 0.2) is 0 Å². The molecule has 0 saturated carbocycles. The van der Waals surface area contributed by atoms with E-state index >= 15 is 0 Å². The van der Waals surface area contributed by atoms with Crippen molar-refractivity contribution in [1.82, 2.24) is 4.90 Å². The molecule has 5 nitrogen and oxygen atoms in total. The summed E-state index contributed by atoms with van der Waals surface area (Å²) in [6.07, 6.45) is 1.14. The number of amides is 1. The molecule has 1 atom stereocenters. The van der Waals surface area contributed by atoms with Crippen molar-refractivity contribution in [3.05, 3.63) is 24.3 Å². The van der Waals surface area contributed by atoms with Crippen molar-refractivity contribution in [2.24, 2.45) is 5.73 Å². The Morgan fingerprint density at radius 1 is 1.21 bits per heavy atom. The number of ether oxygens (including phenoxy) is 1. The fourth-order valence-electron chi connectivity index (χ4n) is 2.05. The minimum absolute atomic E-state index is 0. The number of hydrogen-bond acceptors (Lipinski definition) is 4. The summed E-state index contributed by atoms with van der Waals surface area (Å²) in [7, 11) is 0. The molecule has 0 saturated heterocycles. The standard InChI is InChI=1S/C17H29N3O2.2ClH/c1-4-20(5-2)12-13-22-16-9-7-15(8-10-16)19-17(21)11-6-14(3)18;;/h7-10,14H,4-6,11-13,18H2,1-3H3,(H,19,21);2*1H. The predicted molar refractivity (Wildman–Crippen MR) is 106 cm³/mol. The van der Waals surface area contributed by atoms with Gasteiger partial charge in [-0.3, -0.25) is 4.79 Å². The Hall–Kier alpha value is -1.01. The van der Waals surface area contributed by atoms with Crippen LogP contribution in [0.5, 0.6) is 5.75 Å². The first-order valence-corrected chi connectivity index (χ1v) is 8.05. The van der Waals surface area contributed by atoms with Crippen LogP contribution in [0.3, 0.4) is 0 Å². The molecule has 0 heterocycles. The number of carbonyl (C=O) groups is 1. The van der Waals surface area contributed by atoms with Crippen LogP contribution in [0.1, 0.15) is 33.6 Å². The molecule has 0 fully saturated rings. The van der Waals surface area contributed by atoms with E-state index in [2.05, 4.69) is 24.1 Å². The van der Waals surface area contributed by atoms with Gasteiger partial charge in [0.1, 0.15) is 12.4 Å². The zero-order valence-corrected chi connectivity index (χ0v) is 16.4. The predicted octanol–water partition coefficient (Wildman–Crippen LogP) is 3.32. The molecule has 0 radical (unpaired) electrons. The molecule has 7 heteroatoms. The molecule has 3 N–H and O–H groups in total. The van der Waals surface area contributed by atoms with Gasteiger partial charge in [-0.1, -0.05) is 13.8 Å². The number of benzene rings is 1. The van der Waals surface area contributed by atoms with E-state index in [1.54, 1.807) is 0 Å². The average molecular weight is 380 g/mol. The van der Waals surface area contributed by atoms with Gasteiger partial charge in [0.25, 0.3) is 0 Å². The quantitative estimate of drug-likeness (QED) is 0.654. The molecule has 1 aromatic carbocycles. The van der Waals surface area contributed by atoms with Crippen LogP contribution < -0.4 is 15.8 Å². The van der Waals surface area contributed by atoms with Crippen molar-refractivity contribution in [3.63, 3.8) is 0 Å². The van der Waals surface area contributed by atoms with Crippen molar-refractivity contribution in [2.75, 3.05) is 31.6 Å². The molecule has 140 valence electrons. The van der Waals surface area contributed by atoms with Crippen LogP contribution >= 0.6 is 24.8 Å². The van der Waals surface area contributed by atoms with Crippen molar-refractivity contribution in [1.29, 1.82) is 0 Å². The van der Waals surface area contributed by atoms with Crippen LogP contribution in [0.4, 0.5) is 5.69 Å². The molecule has 1 aromatic rings. The van der Waals surface area contributed by atoms with E-state index in [-0.39, 0.29) is 36.8 Å². The third kappa shape index (κ3) is 10.7. The maximum Gasteiger partial charge on any atom is 0.224 e. The maximum atomic E-state index is 11.7.